The normalized spacial score (nSPS) is 21.4. The van der Waals surface area contributed by atoms with Crippen molar-refractivity contribution >= 4 is 11.7 Å². The monoisotopic (exact) mass is 427 g/mol. The van der Waals surface area contributed by atoms with Crippen LogP contribution in [0.3, 0.4) is 0 Å². The molecule has 9 heteroatoms. The standard InChI is InChI=1S/C22H25N3O6/c1-2-31-20(26)14-18-12-13-23(15-16-6-4-3-5-7-16)21(22(18)25(29)30)17-8-10-19(11-9-17)24(27)28/h3-11,18,21-22H,2,12-15H2,1H3/t18-,21-,22+/m0/s1. The third-order valence-electron chi connectivity index (χ3n) is 5.64. The van der Waals surface area contributed by atoms with E-state index < -0.39 is 28.9 Å². The highest BCUT2D eigenvalue weighted by molar-refractivity contribution is 5.69. The molecule has 1 heterocycles. The Morgan fingerprint density at radius 3 is 2.35 bits per heavy atom. The lowest BCUT2D eigenvalue weighted by molar-refractivity contribution is -0.545. The molecule has 3 atom stereocenters. The van der Waals surface area contributed by atoms with Crippen molar-refractivity contribution < 1.29 is 19.4 Å². The number of hydrogen-bond donors (Lipinski definition) is 0. The van der Waals surface area contributed by atoms with E-state index in [4.69, 9.17) is 4.74 Å². The van der Waals surface area contributed by atoms with Gasteiger partial charge in [0, 0.05) is 29.5 Å². The van der Waals surface area contributed by atoms with Crippen molar-refractivity contribution in [2.45, 2.75) is 38.4 Å². The third-order valence-corrected chi connectivity index (χ3v) is 5.64. The molecule has 0 aliphatic carbocycles. The first kappa shape index (κ1) is 22.4. The van der Waals surface area contributed by atoms with Gasteiger partial charge in [-0.2, -0.15) is 0 Å². The fourth-order valence-corrected chi connectivity index (χ4v) is 4.26. The molecule has 0 radical (unpaired) electrons. The molecule has 164 valence electrons. The van der Waals surface area contributed by atoms with Crippen LogP contribution in [-0.4, -0.2) is 39.9 Å². The second kappa shape index (κ2) is 10.1. The summed E-state index contributed by atoms with van der Waals surface area (Å²) in [5.41, 5.74) is 1.56. The van der Waals surface area contributed by atoms with E-state index in [9.17, 15) is 25.0 Å². The predicted molar refractivity (Wildman–Crippen MR) is 113 cm³/mol. The van der Waals surface area contributed by atoms with Gasteiger partial charge in [-0.15, -0.1) is 0 Å². The number of carbonyl (C=O) groups is 1. The Kier molecular flexibility index (Phi) is 7.30. The number of non-ortho nitro benzene ring substituents is 1. The number of carbonyl (C=O) groups excluding carboxylic acids is 1. The van der Waals surface area contributed by atoms with Crippen molar-refractivity contribution in [1.82, 2.24) is 4.90 Å². The Hall–Kier alpha value is -3.33. The van der Waals surface area contributed by atoms with Gasteiger partial charge in [-0.3, -0.25) is 29.9 Å². The van der Waals surface area contributed by atoms with Crippen molar-refractivity contribution in [2.24, 2.45) is 5.92 Å². The molecule has 0 amide bonds. The van der Waals surface area contributed by atoms with E-state index in [1.807, 2.05) is 35.2 Å². The van der Waals surface area contributed by atoms with Gasteiger partial charge in [0.1, 0.15) is 6.04 Å². The van der Waals surface area contributed by atoms with Crippen molar-refractivity contribution in [3.63, 3.8) is 0 Å². The molecule has 0 saturated carbocycles. The van der Waals surface area contributed by atoms with E-state index in [2.05, 4.69) is 0 Å². The van der Waals surface area contributed by atoms with Crippen LogP contribution >= 0.6 is 0 Å². The molecular weight excluding hydrogens is 402 g/mol. The number of piperidine rings is 1. The minimum absolute atomic E-state index is 0.0256. The molecular formula is C22H25N3O6. The largest absolute Gasteiger partial charge is 0.466 e. The number of nitrogens with zero attached hydrogens (tertiary/aromatic N) is 3. The maximum Gasteiger partial charge on any atom is 0.306 e. The smallest absolute Gasteiger partial charge is 0.306 e. The Balaban J connectivity index is 1.96. The van der Waals surface area contributed by atoms with Gasteiger partial charge in [0.2, 0.25) is 6.04 Å². The first-order valence-corrected chi connectivity index (χ1v) is 10.2. The minimum atomic E-state index is -1.04. The molecule has 2 aromatic carbocycles. The number of benzene rings is 2. The second-order valence-electron chi connectivity index (χ2n) is 7.58. The molecule has 9 nitrogen and oxygen atoms in total. The summed E-state index contributed by atoms with van der Waals surface area (Å²) in [7, 11) is 0. The first-order valence-electron chi connectivity index (χ1n) is 10.2. The molecule has 1 fully saturated rings. The average Bonchev–Trinajstić information content (AvgIpc) is 2.75. The molecule has 0 spiro atoms. The quantitative estimate of drug-likeness (QED) is 0.358. The topological polar surface area (TPSA) is 116 Å². The minimum Gasteiger partial charge on any atom is -0.466 e. The molecule has 1 aliphatic heterocycles. The summed E-state index contributed by atoms with van der Waals surface area (Å²) in [6.07, 6.45) is 0.461. The van der Waals surface area contributed by atoms with Gasteiger partial charge in [0.05, 0.1) is 18.0 Å². The maximum atomic E-state index is 12.2. The lowest BCUT2D eigenvalue weighted by Gasteiger charge is -2.41. The van der Waals surface area contributed by atoms with Crippen molar-refractivity contribution in [3.8, 4) is 0 Å². The van der Waals surface area contributed by atoms with E-state index in [1.54, 1.807) is 19.1 Å². The Morgan fingerprint density at radius 2 is 1.77 bits per heavy atom. The molecule has 0 unspecified atom stereocenters. The van der Waals surface area contributed by atoms with Crippen LogP contribution in [0.15, 0.2) is 54.6 Å². The molecule has 31 heavy (non-hydrogen) atoms. The number of esters is 1. The zero-order valence-corrected chi connectivity index (χ0v) is 17.3. The van der Waals surface area contributed by atoms with Crippen LogP contribution in [0.1, 0.15) is 36.9 Å². The zero-order chi connectivity index (χ0) is 22.4. The van der Waals surface area contributed by atoms with Crippen LogP contribution in [0.4, 0.5) is 5.69 Å². The molecule has 0 bridgehead atoms. The summed E-state index contributed by atoms with van der Waals surface area (Å²) >= 11 is 0. The maximum absolute atomic E-state index is 12.2. The second-order valence-corrected chi connectivity index (χ2v) is 7.58. The van der Waals surface area contributed by atoms with Crippen molar-refractivity contribution in [2.75, 3.05) is 13.2 Å². The summed E-state index contributed by atoms with van der Waals surface area (Å²) in [6.45, 7) is 2.98. The van der Waals surface area contributed by atoms with Crippen molar-refractivity contribution in [1.29, 1.82) is 0 Å². The van der Waals surface area contributed by atoms with Gasteiger partial charge in [-0.1, -0.05) is 42.5 Å². The van der Waals surface area contributed by atoms with Gasteiger partial charge in [-0.05, 0) is 31.0 Å². The van der Waals surface area contributed by atoms with Gasteiger partial charge in [0.25, 0.3) is 5.69 Å². The number of hydrogen-bond acceptors (Lipinski definition) is 7. The Bertz CT molecular complexity index is 919. The highest BCUT2D eigenvalue weighted by Crippen LogP contribution is 2.39. The van der Waals surface area contributed by atoms with Crippen molar-refractivity contribution in [3.05, 3.63) is 86.0 Å². The van der Waals surface area contributed by atoms with Gasteiger partial charge in [-0.25, -0.2) is 0 Å². The average molecular weight is 427 g/mol. The number of rotatable bonds is 8. The van der Waals surface area contributed by atoms with Crippen LogP contribution in [-0.2, 0) is 16.1 Å². The molecule has 1 aliphatic rings. The highest BCUT2D eigenvalue weighted by Gasteiger charge is 2.47. The van der Waals surface area contributed by atoms with Crippen LogP contribution in [0.25, 0.3) is 0 Å². The van der Waals surface area contributed by atoms with E-state index in [1.165, 1.54) is 12.1 Å². The lowest BCUT2D eigenvalue weighted by atomic mass is 9.80. The Morgan fingerprint density at radius 1 is 1.10 bits per heavy atom. The Labute approximate surface area is 179 Å². The molecule has 1 saturated heterocycles. The lowest BCUT2D eigenvalue weighted by Crippen LogP contribution is -2.50. The molecule has 2 aromatic rings. The molecule has 0 aromatic heterocycles. The molecule has 3 rings (SSSR count). The van der Waals surface area contributed by atoms with Gasteiger partial charge < -0.3 is 4.74 Å². The number of ether oxygens (including phenoxy) is 1. The van der Waals surface area contributed by atoms with E-state index >= 15 is 0 Å². The molecule has 0 N–H and O–H groups in total. The van der Waals surface area contributed by atoms with E-state index in [0.29, 0.717) is 25.1 Å². The van der Waals surface area contributed by atoms with Gasteiger partial charge >= 0.3 is 5.97 Å². The summed E-state index contributed by atoms with van der Waals surface area (Å²) in [4.78, 5) is 36.5. The summed E-state index contributed by atoms with van der Waals surface area (Å²) in [5, 5.41) is 23.2. The summed E-state index contributed by atoms with van der Waals surface area (Å²) in [6, 6.07) is 13.9. The predicted octanol–water partition coefficient (Wildman–Crippen LogP) is 3.76. The number of nitro groups is 2. The van der Waals surface area contributed by atoms with Gasteiger partial charge in [0.15, 0.2) is 0 Å². The van der Waals surface area contributed by atoms with E-state index in [0.717, 1.165) is 5.56 Å². The summed E-state index contributed by atoms with van der Waals surface area (Å²) in [5.74, 6) is -0.931. The zero-order valence-electron chi connectivity index (χ0n) is 17.3. The van der Waals surface area contributed by atoms with Crippen LogP contribution in [0, 0.1) is 26.1 Å². The van der Waals surface area contributed by atoms with E-state index in [-0.39, 0.29) is 23.6 Å². The van der Waals surface area contributed by atoms with Crippen LogP contribution in [0.5, 0.6) is 0 Å². The number of nitro benzene ring substituents is 1. The highest BCUT2D eigenvalue weighted by atomic mass is 16.6. The fourth-order valence-electron chi connectivity index (χ4n) is 4.26. The van der Waals surface area contributed by atoms with Crippen LogP contribution in [0.2, 0.25) is 0 Å². The summed E-state index contributed by atoms with van der Waals surface area (Å²) < 4.78 is 5.03. The number of likely N-dealkylation sites (tertiary alicyclic amines) is 1. The van der Waals surface area contributed by atoms with Crippen LogP contribution < -0.4 is 0 Å². The first-order chi connectivity index (χ1) is 14.9. The third kappa shape index (κ3) is 5.43. The fraction of sp³-hybridized carbons (Fsp3) is 0.409. The SMILES string of the molecule is CCOC(=O)C[C@@H]1CCN(Cc2ccccc2)[C@@H](c2ccc([N+](=O)[O-])cc2)[C@@H]1[N+](=O)[O-].